The van der Waals surface area contributed by atoms with E-state index in [4.69, 9.17) is 28.4 Å². The van der Waals surface area contributed by atoms with Crippen LogP contribution in [-0.2, 0) is 6.42 Å². The zero-order valence-corrected chi connectivity index (χ0v) is 23.1. The van der Waals surface area contributed by atoms with Crippen LogP contribution in [-0.4, -0.2) is 40.6 Å². The molecule has 0 heterocycles. The Morgan fingerprint density at radius 1 is 0.488 bits per heavy atom. The van der Waals surface area contributed by atoms with Gasteiger partial charge in [0.15, 0.2) is 0 Å². The molecule has 2 N–H and O–H groups in total. The standard InChI is InChI=1S/C31H30N2O8/c1-36-24-14-25(37-2)17-28(16-24)40-30(34)32-22-9-5-20(6-10-22)13-21-7-11-23(12-8-21)33-31(35)41-29-18-26(38-3)15-27(19-29)39-4/h5-12,14-19H,13H2,1-4H3,(H,32,34)(H,33,35). The Labute approximate surface area is 237 Å². The maximum Gasteiger partial charge on any atom is 0.417 e. The molecule has 0 bridgehead atoms. The number of rotatable bonds is 10. The van der Waals surface area contributed by atoms with Crippen molar-refractivity contribution in [3.63, 3.8) is 0 Å². The number of anilines is 2. The van der Waals surface area contributed by atoms with Gasteiger partial charge in [-0.3, -0.25) is 10.6 Å². The quantitative estimate of drug-likeness (QED) is 0.226. The molecule has 10 heteroatoms. The number of methoxy groups -OCH3 is 4. The fourth-order valence-corrected chi connectivity index (χ4v) is 3.83. The molecule has 0 saturated heterocycles. The molecule has 4 rings (SSSR count). The van der Waals surface area contributed by atoms with Gasteiger partial charge in [0.25, 0.3) is 0 Å². The second kappa shape index (κ2) is 13.6. The molecule has 0 aliphatic carbocycles. The molecule has 2 amide bonds. The van der Waals surface area contributed by atoms with Gasteiger partial charge in [-0.25, -0.2) is 9.59 Å². The molecule has 212 valence electrons. The van der Waals surface area contributed by atoms with Crippen LogP contribution in [0.2, 0.25) is 0 Å². The Morgan fingerprint density at radius 3 is 1.07 bits per heavy atom. The van der Waals surface area contributed by atoms with Crippen LogP contribution in [0.3, 0.4) is 0 Å². The Bertz CT molecular complexity index is 1330. The van der Waals surface area contributed by atoms with Gasteiger partial charge >= 0.3 is 12.2 Å². The molecule has 10 nitrogen and oxygen atoms in total. The summed E-state index contributed by atoms with van der Waals surface area (Å²) >= 11 is 0. The molecular formula is C31H30N2O8. The van der Waals surface area contributed by atoms with Gasteiger partial charge in [-0.2, -0.15) is 0 Å². The predicted molar refractivity (Wildman–Crippen MR) is 154 cm³/mol. The molecule has 41 heavy (non-hydrogen) atoms. The van der Waals surface area contributed by atoms with Gasteiger partial charge in [-0.05, 0) is 41.8 Å². The average Bonchev–Trinajstić information content (AvgIpc) is 2.98. The van der Waals surface area contributed by atoms with Crippen LogP contribution in [0.25, 0.3) is 0 Å². The summed E-state index contributed by atoms with van der Waals surface area (Å²) in [6.07, 6.45) is -0.622. The molecule has 0 unspecified atom stereocenters. The van der Waals surface area contributed by atoms with Gasteiger partial charge in [0, 0.05) is 47.8 Å². The molecule has 4 aromatic rings. The monoisotopic (exact) mass is 558 g/mol. The van der Waals surface area contributed by atoms with Crippen LogP contribution in [0.1, 0.15) is 11.1 Å². The number of hydrogen-bond donors (Lipinski definition) is 2. The first-order valence-corrected chi connectivity index (χ1v) is 12.5. The highest BCUT2D eigenvalue weighted by Crippen LogP contribution is 2.29. The zero-order chi connectivity index (χ0) is 29.2. The first-order chi connectivity index (χ1) is 19.9. The first kappa shape index (κ1) is 28.6. The second-order valence-corrected chi connectivity index (χ2v) is 8.70. The predicted octanol–water partition coefficient (Wildman–Crippen LogP) is 6.53. The lowest BCUT2D eigenvalue weighted by Crippen LogP contribution is -2.16. The third kappa shape index (κ3) is 8.30. The van der Waals surface area contributed by atoms with Gasteiger partial charge in [0.1, 0.15) is 34.5 Å². The highest BCUT2D eigenvalue weighted by atomic mass is 16.6. The molecule has 0 aliphatic heterocycles. The molecule has 0 spiro atoms. The number of nitrogens with one attached hydrogen (secondary N) is 2. The summed E-state index contributed by atoms with van der Waals surface area (Å²) < 4.78 is 31.5. The fourth-order valence-electron chi connectivity index (χ4n) is 3.83. The number of amides is 2. The lowest BCUT2D eigenvalue weighted by Gasteiger charge is -2.11. The van der Waals surface area contributed by atoms with E-state index in [1.807, 2.05) is 24.3 Å². The summed E-state index contributed by atoms with van der Waals surface area (Å²) in [7, 11) is 6.07. The highest BCUT2D eigenvalue weighted by molar-refractivity contribution is 5.87. The largest absolute Gasteiger partial charge is 0.496 e. The van der Waals surface area contributed by atoms with Gasteiger partial charge < -0.3 is 28.4 Å². The van der Waals surface area contributed by atoms with Crippen molar-refractivity contribution in [1.82, 2.24) is 0 Å². The molecule has 4 aromatic carbocycles. The topological polar surface area (TPSA) is 114 Å². The second-order valence-electron chi connectivity index (χ2n) is 8.70. The van der Waals surface area contributed by atoms with Crippen LogP contribution in [0.15, 0.2) is 84.9 Å². The van der Waals surface area contributed by atoms with E-state index in [0.717, 1.165) is 11.1 Å². The van der Waals surface area contributed by atoms with Gasteiger partial charge in [0.2, 0.25) is 0 Å². The summed E-state index contributed by atoms with van der Waals surface area (Å²) in [6.45, 7) is 0. The van der Waals surface area contributed by atoms with E-state index in [1.54, 1.807) is 60.7 Å². The maximum atomic E-state index is 12.4. The molecule has 0 aliphatic rings. The van der Waals surface area contributed by atoms with Crippen LogP contribution in [0, 0.1) is 0 Å². The molecular weight excluding hydrogens is 528 g/mol. The molecule has 0 atom stereocenters. The summed E-state index contributed by atoms with van der Waals surface area (Å²) in [5.41, 5.74) is 3.24. The lowest BCUT2D eigenvalue weighted by atomic mass is 10.0. The van der Waals surface area contributed by atoms with E-state index < -0.39 is 12.2 Å². The number of carbonyl (C=O) groups excluding carboxylic acids is 2. The van der Waals surface area contributed by atoms with Crippen LogP contribution in [0.4, 0.5) is 21.0 Å². The smallest absolute Gasteiger partial charge is 0.417 e. The third-order valence-corrected chi connectivity index (χ3v) is 5.88. The minimum absolute atomic E-state index is 0.294. The van der Waals surface area contributed by atoms with Crippen molar-refractivity contribution in [1.29, 1.82) is 0 Å². The zero-order valence-electron chi connectivity index (χ0n) is 23.1. The van der Waals surface area contributed by atoms with Crippen molar-refractivity contribution < 1.29 is 38.0 Å². The number of hydrogen-bond acceptors (Lipinski definition) is 8. The summed E-state index contributed by atoms with van der Waals surface area (Å²) in [6, 6.07) is 24.6. The van der Waals surface area contributed by atoms with Crippen molar-refractivity contribution in [3.8, 4) is 34.5 Å². The number of benzene rings is 4. The summed E-state index contributed by atoms with van der Waals surface area (Å²) in [5, 5.41) is 5.41. The van der Waals surface area contributed by atoms with Crippen molar-refractivity contribution in [2.45, 2.75) is 6.42 Å². The van der Waals surface area contributed by atoms with Gasteiger partial charge in [-0.1, -0.05) is 24.3 Å². The van der Waals surface area contributed by atoms with Crippen molar-refractivity contribution in [3.05, 3.63) is 96.1 Å². The number of ether oxygens (including phenoxy) is 6. The number of carbonyl (C=O) groups is 2. The van der Waals surface area contributed by atoms with E-state index >= 15 is 0 Å². The molecule has 0 saturated carbocycles. The Balaban J connectivity index is 1.29. The molecule has 0 fully saturated rings. The van der Waals surface area contributed by atoms with E-state index in [-0.39, 0.29) is 0 Å². The van der Waals surface area contributed by atoms with E-state index in [2.05, 4.69) is 10.6 Å². The van der Waals surface area contributed by atoms with Gasteiger partial charge in [-0.15, -0.1) is 0 Å². The lowest BCUT2D eigenvalue weighted by molar-refractivity contribution is 0.213. The van der Waals surface area contributed by atoms with Crippen molar-refractivity contribution >= 4 is 23.6 Å². The van der Waals surface area contributed by atoms with E-state index in [0.29, 0.717) is 52.3 Å². The normalized spacial score (nSPS) is 10.2. The van der Waals surface area contributed by atoms with Crippen LogP contribution >= 0.6 is 0 Å². The van der Waals surface area contributed by atoms with E-state index in [1.165, 1.54) is 28.4 Å². The summed E-state index contributed by atoms with van der Waals surface area (Å²) in [4.78, 5) is 24.7. The first-order valence-electron chi connectivity index (χ1n) is 12.5. The average molecular weight is 559 g/mol. The maximum absolute atomic E-state index is 12.4. The minimum Gasteiger partial charge on any atom is -0.496 e. The summed E-state index contributed by atoms with van der Waals surface area (Å²) in [5.74, 6) is 2.62. The fraction of sp³-hybridized carbons (Fsp3) is 0.161. The Morgan fingerprint density at radius 2 is 0.780 bits per heavy atom. The third-order valence-electron chi connectivity index (χ3n) is 5.88. The molecule has 0 radical (unpaired) electrons. The van der Waals surface area contributed by atoms with Gasteiger partial charge in [0.05, 0.1) is 28.4 Å². The van der Waals surface area contributed by atoms with Crippen molar-refractivity contribution in [2.75, 3.05) is 39.1 Å². The van der Waals surface area contributed by atoms with Crippen LogP contribution < -0.4 is 39.1 Å². The Hall–Kier alpha value is -5.38. The Kier molecular flexibility index (Phi) is 9.50. The highest BCUT2D eigenvalue weighted by Gasteiger charge is 2.11. The van der Waals surface area contributed by atoms with Crippen LogP contribution in [0.5, 0.6) is 34.5 Å². The van der Waals surface area contributed by atoms with E-state index in [9.17, 15) is 9.59 Å². The SMILES string of the molecule is COc1cc(OC)cc(OC(=O)Nc2ccc(Cc3ccc(NC(=O)Oc4cc(OC)cc(OC)c4)cc3)cc2)c1. The minimum atomic E-state index is -0.639. The van der Waals surface area contributed by atoms with Crippen molar-refractivity contribution in [2.24, 2.45) is 0 Å². The molecule has 0 aromatic heterocycles.